The van der Waals surface area contributed by atoms with Crippen molar-refractivity contribution in [1.29, 1.82) is 0 Å². The van der Waals surface area contributed by atoms with Crippen LogP contribution in [0.15, 0.2) is 72.8 Å². The number of halogens is 3. The van der Waals surface area contributed by atoms with Crippen molar-refractivity contribution in [1.82, 2.24) is 4.90 Å². The van der Waals surface area contributed by atoms with Gasteiger partial charge >= 0.3 is 6.09 Å². The van der Waals surface area contributed by atoms with E-state index >= 15 is 0 Å². The fourth-order valence-corrected chi connectivity index (χ4v) is 5.81. The first-order chi connectivity index (χ1) is 18.8. The second-order valence-electron chi connectivity index (χ2n) is 11.6. The van der Waals surface area contributed by atoms with E-state index in [0.29, 0.717) is 12.0 Å². The molecule has 0 aromatic heterocycles. The molecule has 1 aliphatic rings. The minimum absolute atomic E-state index is 0.00847. The Morgan fingerprint density at radius 2 is 1.60 bits per heavy atom. The monoisotopic (exact) mass is 569 g/mol. The van der Waals surface area contributed by atoms with Crippen molar-refractivity contribution < 1.29 is 31.9 Å². The molecule has 4 rings (SSSR count). The SMILES string of the molecule is CC(C)(C)[Si](C)(C)O[C@@H](c1ccc(F)c(F)c1)[C@H](C(=O)N1C(=O)OC[C@H]1Cc1ccccc1)c1ccc(F)cc1. The van der Waals surface area contributed by atoms with E-state index in [9.17, 15) is 22.8 Å². The zero-order valence-electron chi connectivity index (χ0n) is 23.3. The normalized spacial score (nSPS) is 17.4. The van der Waals surface area contributed by atoms with Crippen LogP contribution in [0.2, 0.25) is 18.1 Å². The average molecular weight is 570 g/mol. The highest BCUT2D eigenvalue weighted by atomic mass is 28.4. The summed E-state index contributed by atoms with van der Waals surface area (Å²) in [5.41, 5.74) is 1.52. The zero-order chi connectivity index (χ0) is 29.2. The van der Waals surface area contributed by atoms with Gasteiger partial charge in [-0.25, -0.2) is 22.9 Å². The largest absolute Gasteiger partial charge is 0.447 e. The molecule has 1 heterocycles. The van der Waals surface area contributed by atoms with Gasteiger partial charge in [-0.3, -0.25) is 4.79 Å². The zero-order valence-corrected chi connectivity index (χ0v) is 24.3. The third kappa shape index (κ3) is 6.31. The Hall–Kier alpha value is -3.43. The molecule has 2 amide bonds. The smallest absolute Gasteiger partial charge is 0.417 e. The summed E-state index contributed by atoms with van der Waals surface area (Å²) >= 11 is 0. The molecule has 0 aliphatic carbocycles. The van der Waals surface area contributed by atoms with Crippen molar-refractivity contribution in [2.45, 2.75) is 63.4 Å². The van der Waals surface area contributed by atoms with E-state index < -0.39 is 55.8 Å². The van der Waals surface area contributed by atoms with Crippen LogP contribution in [0.25, 0.3) is 0 Å². The van der Waals surface area contributed by atoms with Crippen LogP contribution >= 0.6 is 0 Å². The Balaban J connectivity index is 1.84. The van der Waals surface area contributed by atoms with E-state index in [1.165, 1.54) is 30.3 Å². The summed E-state index contributed by atoms with van der Waals surface area (Å²) in [5, 5.41) is -0.303. The van der Waals surface area contributed by atoms with Crippen molar-refractivity contribution in [3.05, 3.63) is 107 Å². The summed E-state index contributed by atoms with van der Waals surface area (Å²) < 4.78 is 54.6. The fraction of sp³-hybridized carbons (Fsp3) is 0.355. The number of amides is 2. The number of nitrogens with zero attached hydrogens (tertiary/aromatic N) is 1. The van der Waals surface area contributed by atoms with Crippen molar-refractivity contribution in [2.24, 2.45) is 0 Å². The van der Waals surface area contributed by atoms with Gasteiger partial charge in [0.2, 0.25) is 5.91 Å². The topological polar surface area (TPSA) is 55.8 Å². The summed E-state index contributed by atoms with van der Waals surface area (Å²) in [5.74, 6) is -4.43. The van der Waals surface area contributed by atoms with Gasteiger partial charge in [0.05, 0.1) is 18.1 Å². The lowest BCUT2D eigenvalue weighted by Gasteiger charge is -2.42. The molecule has 0 bridgehead atoms. The first-order valence-electron chi connectivity index (χ1n) is 13.2. The standard InChI is InChI=1S/C31H34F3NO4Si/c1-31(2,3)40(4,5)39-28(22-13-16-25(33)26(34)18-22)27(21-11-14-23(32)15-12-21)29(36)35-24(19-38-30(35)37)17-20-9-7-6-8-10-20/h6-16,18,24,27-28H,17,19H2,1-5H3/t24-,27-,28+/m1/s1. The predicted molar refractivity (Wildman–Crippen MR) is 149 cm³/mol. The highest BCUT2D eigenvalue weighted by molar-refractivity contribution is 6.74. The number of hydrogen-bond donors (Lipinski definition) is 0. The molecule has 5 nitrogen and oxygen atoms in total. The summed E-state index contributed by atoms with van der Waals surface area (Å²) in [6.07, 6.45) is -1.53. The van der Waals surface area contributed by atoms with Crippen LogP contribution in [0.1, 0.15) is 49.5 Å². The second kappa shape index (κ2) is 11.6. The van der Waals surface area contributed by atoms with Gasteiger partial charge in [0.25, 0.3) is 0 Å². The van der Waals surface area contributed by atoms with Gasteiger partial charge in [0.15, 0.2) is 20.0 Å². The average Bonchev–Trinajstić information content (AvgIpc) is 3.25. The molecule has 0 spiro atoms. The van der Waals surface area contributed by atoms with Gasteiger partial charge in [-0.05, 0) is 65.5 Å². The molecule has 0 N–H and O–H groups in total. The van der Waals surface area contributed by atoms with Crippen molar-refractivity contribution >= 4 is 20.3 Å². The molecular formula is C31H34F3NO4Si. The Morgan fingerprint density at radius 3 is 2.20 bits per heavy atom. The Bertz CT molecular complexity index is 1360. The van der Waals surface area contributed by atoms with E-state index in [2.05, 4.69) is 0 Å². The van der Waals surface area contributed by atoms with E-state index in [-0.39, 0.29) is 17.2 Å². The molecule has 40 heavy (non-hydrogen) atoms. The minimum Gasteiger partial charge on any atom is -0.447 e. The maximum absolute atomic E-state index is 14.6. The highest BCUT2D eigenvalue weighted by Gasteiger charge is 2.47. The van der Waals surface area contributed by atoms with Gasteiger partial charge in [0.1, 0.15) is 12.4 Å². The third-order valence-corrected chi connectivity index (χ3v) is 12.3. The van der Waals surface area contributed by atoms with E-state index in [4.69, 9.17) is 9.16 Å². The molecule has 1 fully saturated rings. The van der Waals surface area contributed by atoms with Gasteiger partial charge in [-0.2, -0.15) is 0 Å². The van der Waals surface area contributed by atoms with Crippen molar-refractivity contribution in [3.8, 4) is 0 Å². The number of carbonyl (C=O) groups excluding carboxylic acids is 2. The number of imide groups is 1. The summed E-state index contributed by atoms with van der Waals surface area (Å²) in [4.78, 5) is 28.5. The summed E-state index contributed by atoms with van der Waals surface area (Å²) in [7, 11) is -2.65. The van der Waals surface area contributed by atoms with E-state index in [0.717, 1.165) is 22.6 Å². The molecule has 0 unspecified atom stereocenters. The van der Waals surface area contributed by atoms with Crippen LogP contribution < -0.4 is 0 Å². The predicted octanol–water partition coefficient (Wildman–Crippen LogP) is 7.54. The van der Waals surface area contributed by atoms with Crippen LogP contribution in [0.3, 0.4) is 0 Å². The Morgan fingerprint density at radius 1 is 0.975 bits per heavy atom. The summed E-state index contributed by atoms with van der Waals surface area (Å²) in [6, 6.07) is 17.5. The van der Waals surface area contributed by atoms with Crippen LogP contribution in [0, 0.1) is 17.5 Å². The molecule has 3 atom stereocenters. The van der Waals surface area contributed by atoms with Gasteiger partial charge in [-0.1, -0.05) is 69.3 Å². The fourth-order valence-electron chi connectivity index (χ4n) is 4.55. The van der Waals surface area contributed by atoms with Crippen LogP contribution in [-0.2, 0) is 20.4 Å². The molecule has 1 saturated heterocycles. The van der Waals surface area contributed by atoms with E-state index in [1.54, 1.807) is 0 Å². The highest BCUT2D eigenvalue weighted by Crippen LogP contribution is 2.45. The van der Waals surface area contributed by atoms with Gasteiger partial charge in [-0.15, -0.1) is 0 Å². The minimum atomic E-state index is -2.65. The quantitative estimate of drug-likeness (QED) is 0.263. The maximum atomic E-state index is 14.6. The number of hydrogen-bond acceptors (Lipinski definition) is 4. The first kappa shape index (κ1) is 29.5. The number of cyclic esters (lactones) is 1. The number of ether oxygens (including phenoxy) is 1. The van der Waals surface area contributed by atoms with Crippen LogP contribution in [0.5, 0.6) is 0 Å². The molecular weight excluding hydrogens is 535 g/mol. The second-order valence-corrected chi connectivity index (χ2v) is 16.4. The third-order valence-electron chi connectivity index (χ3n) is 7.81. The molecule has 0 saturated carbocycles. The molecule has 212 valence electrons. The lowest BCUT2D eigenvalue weighted by molar-refractivity contribution is -0.133. The lowest BCUT2D eigenvalue weighted by atomic mass is 9.87. The van der Waals surface area contributed by atoms with Gasteiger partial charge < -0.3 is 9.16 Å². The summed E-state index contributed by atoms with van der Waals surface area (Å²) in [6.45, 7) is 10.0. The number of rotatable bonds is 8. The first-order valence-corrected chi connectivity index (χ1v) is 16.1. The van der Waals surface area contributed by atoms with Crippen LogP contribution in [0.4, 0.5) is 18.0 Å². The van der Waals surface area contributed by atoms with Gasteiger partial charge in [0, 0.05) is 0 Å². The number of benzene rings is 3. The Labute approximate surface area is 234 Å². The Kier molecular flexibility index (Phi) is 8.56. The van der Waals surface area contributed by atoms with Crippen molar-refractivity contribution in [2.75, 3.05) is 6.61 Å². The molecule has 3 aromatic carbocycles. The molecule has 1 aliphatic heterocycles. The van der Waals surface area contributed by atoms with Crippen LogP contribution in [-0.4, -0.2) is 37.9 Å². The number of carbonyl (C=O) groups is 2. The van der Waals surface area contributed by atoms with Crippen molar-refractivity contribution in [3.63, 3.8) is 0 Å². The molecule has 9 heteroatoms. The molecule has 3 aromatic rings. The maximum Gasteiger partial charge on any atom is 0.417 e. The lowest BCUT2D eigenvalue weighted by Crippen LogP contribution is -2.47. The van der Waals surface area contributed by atoms with E-state index in [1.807, 2.05) is 64.2 Å². The molecule has 0 radical (unpaired) electrons.